The van der Waals surface area contributed by atoms with Crippen LogP contribution in [0.1, 0.15) is 34.6 Å². The van der Waals surface area contributed by atoms with Crippen LogP contribution >= 0.6 is 0 Å². The van der Waals surface area contributed by atoms with Crippen molar-refractivity contribution in [3.05, 3.63) is 52.6 Å². The molecule has 0 saturated carbocycles. The molecule has 0 bridgehead atoms. The average Bonchev–Trinajstić information content (AvgIpc) is 2.64. The highest BCUT2D eigenvalue weighted by Gasteiger charge is 2.29. The summed E-state index contributed by atoms with van der Waals surface area (Å²) < 4.78 is 0. The van der Waals surface area contributed by atoms with Gasteiger partial charge in [-0.3, -0.25) is 0 Å². The summed E-state index contributed by atoms with van der Waals surface area (Å²) in [4.78, 5) is 0. The summed E-state index contributed by atoms with van der Waals surface area (Å²) in [6, 6.07) is 10.2. The lowest BCUT2D eigenvalue weighted by Gasteiger charge is -2.15. The maximum atomic E-state index is 9.75. The van der Waals surface area contributed by atoms with E-state index in [1.54, 1.807) is 6.07 Å². The average molecular weight is 253 g/mol. The molecular formula is C17H19NO. The van der Waals surface area contributed by atoms with Crippen LogP contribution in [-0.2, 0) is 0 Å². The fourth-order valence-electron chi connectivity index (χ4n) is 3.37. The molecule has 3 N–H and O–H groups in total. The van der Waals surface area contributed by atoms with Crippen molar-refractivity contribution in [2.75, 3.05) is 6.54 Å². The van der Waals surface area contributed by atoms with Gasteiger partial charge in [-0.2, -0.15) is 0 Å². The van der Waals surface area contributed by atoms with Crippen molar-refractivity contribution < 1.29 is 5.11 Å². The molecule has 1 aliphatic carbocycles. The zero-order chi connectivity index (χ0) is 13.6. The monoisotopic (exact) mass is 253 g/mol. The summed E-state index contributed by atoms with van der Waals surface area (Å²) in [5, 5.41) is 9.75. The Morgan fingerprint density at radius 3 is 2.63 bits per heavy atom. The number of hydrogen-bond donors (Lipinski definition) is 2. The van der Waals surface area contributed by atoms with Gasteiger partial charge in [0.05, 0.1) is 0 Å². The Balaban J connectivity index is 2.28. The van der Waals surface area contributed by atoms with E-state index in [9.17, 15) is 5.11 Å². The van der Waals surface area contributed by atoms with Crippen LogP contribution in [0.25, 0.3) is 11.1 Å². The molecule has 0 aliphatic heterocycles. The van der Waals surface area contributed by atoms with Gasteiger partial charge in [-0.15, -0.1) is 0 Å². The number of fused-ring (bicyclic) bond motifs is 3. The predicted octanol–water partition coefficient (Wildman–Crippen LogP) is 3.47. The molecule has 1 aliphatic rings. The first-order valence-electron chi connectivity index (χ1n) is 6.76. The number of hydrogen-bond acceptors (Lipinski definition) is 2. The summed E-state index contributed by atoms with van der Waals surface area (Å²) >= 11 is 0. The summed E-state index contributed by atoms with van der Waals surface area (Å²) in [5.41, 5.74) is 13.5. The molecule has 98 valence electrons. The van der Waals surface area contributed by atoms with Gasteiger partial charge in [0.25, 0.3) is 0 Å². The lowest BCUT2D eigenvalue weighted by Crippen LogP contribution is -2.07. The van der Waals surface area contributed by atoms with E-state index in [0.717, 1.165) is 6.42 Å². The molecule has 1 atom stereocenters. The Hall–Kier alpha value is -1.80. The molecule has 0 spiro atoms. The van der Waals surface area contributed by atoms with Crippen LogP contribution in [0, 0.1) is 13.8 Å². The van der Waals surface area contributed by atoms with E-state index in [1.807, 2.05) is 12.1 Å². The van der Waals surface area contributed by atoms with E-state index in [-0.39, 0.29) is 0 Å². The van der Waals surface area contributed by atoms with Crippen LogP contribution in [0.4, 0.5) is 0 Å². The molecule has 0 heterocycles. The number of rotatable bonds is 2. The maximum absolute atomic E-state index is 9.75. The number of nitrogens with two attached hydrogens (primary N) is 1. The molecule has 0 aromatic heterocycles. The topological polar surface area (TPSA) is 46.2 Å². The van der Waals surface area contributed by atoms with Crippen molar-refractivity contribution in [1.29, 1.82) is 0 Å². The first kappa shape index (κ1) is 12.2. The fourth-order valence-corrected chi connectivity index (χ4v) is 3.37. The molecule has 2 heteroatoms. The van der Waals surface area contributed by atoms with Crippen molar-refractivity contribution in [2.24, 2.45) is 5.73 Å². The molecule has 2 aromatic carbocycles. The van der Waals surface area contributed by atoms with Crippen LogP contribution in [0.3, 0.4) is 0 Å². The minimum Gasteiger partial charge on any atom is -0.508 e. The lowest BCUT2D eigenvalue weighted by molar-refractivity contribution is 0.474. The van der Waals surface area contributed by atoms with Gasteiger partial charge in [-0.1, -0.05) is 23.8 Å². The van der Waals surface area contributed by atoms with Crippen molar-refractivity contribution in [2.45, 2.75) is 26.2 Å². The third-order valence-electron chi connectivity index (χ3n) is 4.04. The van der Waals surface area contributed by atoms with E-state index >= 15 is 0 Å². The molecule has 0 fully saturated rings. The highest BCUT2D eigenvalue weighted by atomic mass is 16.3. The minimum absolute atomic E-state index is 0.322. The summed E-state index contributed by atoms with van der Waals surface area (Å²) in [6.45, 7) is 4.96. The summed E-state index contributed by atoms with van der Waals surface area (Å²) in [5.74, 6) is 0.658. The number of benzene rings is 2. The molecule has 0 saturated heterocycles. The molecule has 2 nitrogen and oxygen atoms in total. The van der Waals surface area contributed by atoms with Gasteiger partial charge >= 0.3 is 0 Å². The van der Waals surface area contributed by atoms with E-state index < -0.39 is 0 Å². The van der Waals surface area contributed by atoms with Crippen molar-refractivity contribution in [3.63, 3.8) is 0 Å². The second kappa shape index (κ2) is 4.39. The zero-order valence-corrected chi connectivity index (χ0v) is 11.4. The highest BCUT2D eigenvalue weighted by molar-refractivity contribution is 5.81. The Morgan fingerprint density at radius 2 is 1.89 bits per heavy atom. The second-order valence-electron chi connectivity index (χ2n) is 5.44. The predicted molar refractivity (Wildman–Crippen MR) is 78.5 cm³/mol. The Morgan fingerprint density at radius 1 is 1.11 bits per heavy atom. The van der Waals surface area contributed by atoms with Gasteiger partial charge in [0.2, 0.25) is 0 Å². The third-order valence-corrected chi connectivity index (χ3v) is 4.04. The number of aryl methyl sites for hydroxylation is 2. The minimum atomic E-state index is 0.322. The van der Waals surface area contributed by atoms with Crippen LogP contribution in [0.2, 0.25) is 0 Å². The first-order valence-corrected chi connectivity index (χ1v) is 6.76. The van der Waals surface area contributed by atoms with Gasteiger partial charge in [0.15, 0.2) is 0 Å². The van der Waals surface area contributed by atoms with E-state index in [0.29, 0.717) is 18.2 Å². The molecular weight excluding hydrogens is 234 g/mol. The van der Waals surface area contributed by atoms with E-state index in [1.165, 1.54) is 33.4 Å². The zero-order valence-electron chi connectivity index (χ0n) is 11.4. The molecule has 19 heavy (non-hydrogen) atoms. The van der Waals surface area contributed by atoms with Crippen molar-refractivity contribution >= 4 is 0 Å². The molecule has 3 rings (SSSR count). The van der Waals surface area contributed by atoms with E-state index in [4.69, 9.17) is 5.73 Å². The number of aromatic hydroxyl groups is 1. The smallest absolute Gasteiger partial charge is 0.115 e. The first-order chi connectivity index (χ1) is 9.11. The normalized spacial score (nSPS) is 16.3. The quantitative estimate of drug-likeness (QED) is 0.860. The van der Waals surface area contributed by atoms with Gasteiger partial charge < -0.3 is 10.8 Å². The van der Waals surface area contributed by atoms with Crippen LogP contribution in [0.15, 0.2) is 30.3 Å². The summed E-state index contributed by atoms with van der Waals surface area (Å²) in [6.07, 6.45) is 0.924. The molecule has 0 radical (unpaired) electrons. The lowest BCUT2D eigenvalue weighted by atomic mass is 9.90. The highest BCUT2D eigenvalue weighted by Crippen LogP contribution is 2.48. The van der Waals surface area contributed by atoms with Crippen molar-refractivity contribution in [1.82, 2.24) is 0 Å². The van der Waals surface area contributed by atoms with Crippen LogP contribution < -0.4 is 5.73 Å². The molecule has 2 aromatic rings. The summed E-state index contributed by atoms with van der Waals surface area (Å²) in [7, 11) is 0. The SMILES string of the molecule is Cc1cc(C)c2c(c1)-c1ccc(O)cc1C2CCN. The maximum Gasteiger partial charge on any atom is 0.115 e. The second-order valence-corrected chi connectivity index (χ2v) is 5.44. The number of phenols is 1. The van der Waals surface area contributed by atoms with Gasteiger partial charge in [-0.05, 0) is 66.8 Å². The third kappa shape index (κ3) is 1.83. The Bertz CT molecular complexity index is 646. The van der Waals surface area contributed by atoms with Crippen LogP contribution in [0.5, 0.6) is 5.75 Å². The van der Waals surface area contributed by atoms with Gasteiger partial charge in [0.1, 0.15) is 5.75 Å². The molecule has 1 unspecified atom stereocenters. The largest absolute Gasteiger partial charge is 0.508 e. The Kier molecular flexibility index (Phi) is 2.83. The molecule has 0 amide bonds. The van der Waals surface area contributed by atoms with Gasteiger partial charge in [-0.25, -0.2) is 0 Å². The van der Waals surface area contributed by atoms with E-state index in [2.05, 4.69) is 26.0 Å². The van der Waals surface area contributed by atoms with Crippen LogP contribution in [-0.4, -0.2) is 11.7 Å². The fraction of sp³-hybridized carbons (Fsp3) is 0.294. The van der Waals surface area contributed by atoms with Crippen molar-refractivity contribution in [3.8, 4) is 16.9 Å². The Labute approximate surface area is 113 Å². The number of phenolic OH excluding ortho intramolecular Hbond substituents is 1. The standard InChI is InChI=1S/C17H19NO/c1-10-7-11(2)17-14(5-6-18)15-9-12(19)3-4-13(15)16(17)8-10/h3-4,7-9,14,19H,5-6,18H2,1-2H3. The van der Waals surface area contributed by atoms with Gasteiger partial charge in [0, 0.05) is 5.92 Å².